The van der Waals surface area contributed by atoms with Crippen LogP contribution in [0.3, 0.4) is 0 Å². The van der Waals surface area contributed by atoms with Gasteiger partial charge < -0.3 is 14.6 Å². The molecule has 0 aliphatic carbocycles. The van der Waals surface area contributed by atoms with Crippen molar-refractivity contribution in [3.63, 3.8) is 0 Å². The highest BCUT2D eigenvalue weighted by Gasteiger charge is 2.14. The minimum absolute atomic E-state index is 0.169. The smallest absolute Gasteiger partial charge is 0.151 e. The van der Waals surface area contributed by atoms with Gasteiger partial charge in [-0.05, 0) is 30.7 Å². The molecule has 2 rings (SSSR count). The van der Waals surface area contributed by atoms with Gasteiger partial charge in [-0.3, -0.25) is 0 Å². The summed E-state index contributed by atoms with van der Waals surface area (Å²) in [7, 11) is 3.97. The number of rotatable bonds is 5. The van der Waals surface area contributed by atoms with E-state index < -0.39 is 0 Å². The first kappa shape index (κ1) is 12.5. The van der Waals surface area contributed by atoms with E-state index in [9.17, 15) is 0 Å². The van der Waals surface area contributed by atoms with Crippen LogP contribution in [-0.4, -0.2) is 19.1 Å². The first-order chi connectivity index (χ1) is 8.72. The average Bonchev–Trinajstić information content (AvgIpc) is 2.90. The average molecular weight is 245 g/mol. The second kappa shape index (κ2) is 5.58. The Labute approximate surface area is 108 Å². The number of pyridine rings is 1. The van der Waals surface area contributed by atoms with E-state index >= 15 is 0 Å². The van der Waals surface area contributed by atoms with Gasteiger partial charge in [-0.25, -0.2) is 4.98 Å². The first-order valence-corrected chi connectivity index (χ1v) is 6.14. The number of aromatic nitrogens is 1. The van der Waals surface area contributed by atoms with E-state index in [-0.39, 0.29) is 6.04 Å². The number of hydrogen-bond acceptors (Lipinski definition) is 4. The second-order valence-electron chi connectivity index (χ2n) is 4.39. The number of anilines is 2. The fourth-order valence-corrected chi connectivity index (χ4v) is 1.92. The maximum absolute atomic E-state index is 5.46. The molecule has 0 radical (unpaired) electrons. The Bertz CT molecular complexity index is 480. The Morgan fingerprint density at radius 2 is 2.17 bits per heavy atom. The molecule has 1 atom stereocenters. The summed E-state index contributed by atoms with van der Waals surface area (Å²) < 4.78 is 5.46. The standard InChI is InChI=1S/C14H19N3O/c1-4-11(13-8-6-10-18-13)16-12-7-5-9-15-14(12)17(2)3/h5-11,16H,4H2,1-3H3. The van der Waals surface area contributed by atoms with Crippen LogP contribution in [0.5, 0.6) is 0 Å². The molecule has 96 valence electrons. The topological polar surface area (TPSA) is 41.3 Å². The van der Waals surface area contributed by atoms with Gasteiger partial charge in [0.2, 0.25) is 0 Å². The van der Waals surface area contributed by atoms with Crippen LogP contribution in [0.25, 0.3) is 0 Å². The van der Waals surface area contributed by atoms with Crippen LogP contribution in [0, 0.1) is 0 Å². The lowest BCUT2D eigenvalue weighted by Crippen LogP contribution is -2.16. The van der Waals surface area contributed by atoms with E-state index in [4.69, 9.17) is 4.42 Å². The zero-order valence-corrected chi connectivity index (χ0v) is 11.1. The first-order valence-electron chi connectivity index (χ1n) is 6.14. The highest BCUT2D eigenvalue weighted by atomic mass is 16.3. The highest BCUT2D eigenvalue weighted by molar-refractivity contribution is 5.65. The summed E-state index contributed by atoms with van der Waals surface area (Å²) in [4.78, 5) is 6.38. The molecule has 2 heterocycles. The third-order valence-electron chi connectivity index (χ3n) is 2.83. The van der Waals surface area contributed by atoms with E-state index in [2.05, 4.69) is 17.2 Å². The van der Waals surface area contributed by atoms with Crippen molar-refractivity contribution in [2.24, 2.45) is 0 Å². The fraction of sp³-hybridized carbons (Fsp3) is 0.357. The maximum atomic E-state index is 5.46. The van der Waals surface area contributed by atoms with Crippen molar-refractivity contribution < 1.29 is 4.42 Å². The van der Waals surface area contributed by atoms with Crippen molar-refractivity contribution in [2.45, 2.75) is 19.4 Å². The summed E-state index contributed by atoms with van der Waals surface area (Å²) in [6.07, 6.45) is 4.46. The summed E-state index contributed by atoms with van der Waals surface area (Å²) in [6, 6.07) is 8.05. The largest absolute Gasteiger partial charge is 0.467 e. The molecular weight excluding hydrogens is 226 g/mol. The molecule has 0 aromatic carbocycles. The van der Waals surface area contributed by atoms with E-state index in [1.807, 2.05) is 43.3 Å². The van der Waals surface area contributed by atoms with Gasteiger partial charge in [0.25, 0.3) is 0 Å². The van der Waals surface area contributed by atoms with Crippen LogP contribution < -0.4 is 10.2 Å². The predicted octanol–water partition coefficient (Wildman–Crippen LogP) is 3.30. The zero-order valence-electron chi connectivity index (χ0n) is 11.1. The van der Waals surface area contributed by atoms with Gasteiger partial charge in [0.15, 0.2) is 5.82 Å². The molecule has 0 saturated carbocycles. The maximum Gasteiger partial charge on any atom is 0.151 e. The Hall–Kier alpha value is -1.97. The molecule has 0 saturated heterocycles. The third kappa shape index (κ3) is 2.64. The lowest BCUT2D eigenvalue weighted by atomic mass is 10.1. The van der Waals surface area contributed by atoms with Crippen molar-refractivity contribution in [1.29, 1.82) is 0 Å². The molecule has 2 aromatic rings. The Morgan fingerprint density at radius 1 is 1.33 bits per heavy atom. The summed E-state index contributed by atoms with van der Waals surface area (Å²) >= 11 is 0. The van der Waals surface area contributed by atoms with E-state index in [1.165, 1.54) is 0 Å². The number of nitrogens with one attached hydrogen (secondary N) is 1. The van der Waals surface area contributed by atoms with Gasteiger partial charge in [-0.2, -0.15) is 0 Å². The SMILES string of the molecule is CCC(Nc1cccnc1N(C)C)c1ccco1. The van der Waals surface area contributed by atoms with Crippen LogP contribution in [0.1, 0.15) is 25.1 Å². The third-order valence-corrected chi connectivity index (χ3v) is 2.83. The molecule has 0 fully saturated rings. The van der Waals surface area contributed by atoms with Crippen molar-refractivity contribution in [2.75, 3.05) is 24.3 Å². The molecule has 1 N–H and O–H groups in total. The predicted molar refractivity (Wildman–Crippen MR) is 73.9 cm³/mol. The zero-order chi connectivity index (χ0) is 13.0. The summed E-state index contributed by atoms with van der Waals surface area (Å²) in [5, 5.41) is 3.48. The molecular formula is C14H19N3O. The quantitative estimate of drug-likeness (QED) is 0.877. The molecule has 1 unspecified atom stereocenters. The normalized spacial score (nSPS) is 12.2. The molecule has 4 heteroatoms. The minimum atomic E-state index is 0.169. The van der Waals surface area contributed by atoms with Crippen LogP contribution in [0.15, 0.2) is 41.1 Å². The molecule has 0 amide bonds. The van der Waals surface area contributed by atoms with Crippen LogP contribution in [0.2, 0.25) is 0 Å². The highest BCUT2D eigenvalue weighted by Crippen LogP contribution is 2.27. The monoisotopic (exact) mass is 245 g/mol. The van der Waals surface area contributed by atoms with E-state index in [0.717, 1.165) is 23.7 Å². The van der Waals surface area contributed by atoms with Gasteiger partial charge >= 0.3 is 0 Å². The van der Waals surface area contributed by atoms with E-state index in [0.29, 0.717) is 0 Å². The van der Waals surface area contributed by atoms with Gasteiger partial charge in [0.1, 0.15) is 5.76 Å². The van der Waals surface area contributed by atoms with Gasteiger partial charge in [0.05, 0.1) is 18.0 Å². The Balaban J connectivity index is 2.22. The molecule has 0 bridgehead atoms. The van der Waals surface area contributed by atoms with Crippen molar-refractivity contribution in [1.82, 2.24) is 4.98 Å². The summed E-state index contributed by atoms with van der Waals surface area (Å²) in [5.74, 6) is 1.88. The number of hydrogen-bond donors (Lipinski definition) is 1. The molecule has 0 aliphatic heterocycles. The van der Waals surface area contributed by atoms with Crippen molar-refractivity contribution >= 4 is 11.5 Å². The molecule has 18 heavy (non-hydrogen) atoms. The summed E-state index contributed by atoms with van der Waals surface area (Å²) in [6.45, 7) is 2.13. The van der Waals surface area contributed by atoms with E-state index in [1.54, 1.807) is 12.5 Å². The summed E-state index contributed by atoms with van der Waals surface area (Å²) in [5.41, 5.74) is 1.02. The lowest BCUT2D eigenvalue weighted by Gasteiger charge is -2.21. The van der Waals surface area contributed by atoms with Gasteiger partial charge in [0, 0.05) is 20.3 Å². The van der Waals surface area contributed by atoms with Crippen LogP contribution >= 0.6 is 0 Å². The molecule has 0 aliphatic rings. The lowest BCUT2D eigenvalue weighted by molar-refractivity contribution is 0.474. The van der Waals surface area contributed by atoms with Gasteiger partial charge in [-0.15, -0.1) is 0 Å². The minimum Gasteiger partial charge on any atom is -0.467 e. The van der Waals surface area contributed by atoms with Crippen LogP contribution in [-0.2, 0) is 0 Å². The van der Waals surface area contributed by atoms with Crippen molar-refractivity contribution in [3.05, 3.63) is 42.5 Å². The molecule has 2 aromatic heterocycles. The Morgan fingerprint density at radius 3 is 2.78 bits per heavy atom. The van der Waals surface area contributed by atoms with Crippen molar-refractivity contribution in [3.8, 4) is 0 Å². The van der Waals surface area contributed by atoms with Crippen LogP contribution in [0.4, 0.5) is 11.5 Å². The molecule has 0 spiro atoms. The second-order valence-corrected chi connectivity index (χ2v) is 4.39. The number of furan rings is 1. The number of nitrogens with zero attached hydrogens (tertiary/aromatic N) is 2. The fourth-order valence-electron chi connectivity index (χ4n) is 1.92. The van der Waals surface area contributed by atoms with Gasteiger partial charge in [-0.1, -0.05) is 6.92 Å². The Kier molecular flexibility index (Phi) is 3.87. The molecule has 4 nitrogen and oxygen atoms in total.